The smallest absolute Gasteiger partial charge is 0.0875 e. The van der Waals surface area contributed by atoms with Crippen LogP contribution in [-0.4, -0.2) is 14.5 Å². The maximum atomic E-state index is 4.29. The van der Waals surface area contributed by atoms with Gasteiger partial charge in [0.25, 0.3) is 0 Å². The summed E-state index contributed by atoms with van der Waals surface area (Å²) in [6.45, 7) is 0. The summed E-state index contributed by atoms with van der Waals surface area (Å²) in [4.78, 5) is 4.29. The normalized spacial score (nSPS) is 11.7. The highest BCUT2D eigenvalue weighted by Crippen LogP contribution is 2.43. The first kappa shape index (κ1) is 21.7. The van der Waals surface area contributed by atoms with Gasteiger partial charge in [0.1, 0.15) is 0 Å². The van der Waals surface area contributed by atoms with Crippen LogP contribution in [0.25, 0.3) is 54.6 Å². The first-order valence-corrected chi connectivity index (χ1v) is 14.2. The standard InChI is InChI=1S/C35H25NSi/c1-2-10-28(11-3-1)37-29-16-17-32-33(23-29)35(27-15-14-24-8-4-5-9-26(24)22-27)31-13-7-6-12-30(31)34(32)25-18-20-36-21-19-25/h1-23H,37H2. The van der Waals surface area contributed by atoms with Crippen molar-refractivity contribution in [3.05, 3.63) is 140 Å². The predicted molar refractivity (Wildman–Crippen MR) is 162 cm³/mol. The van der Waals surface area contributed by atoms with Crippen LogP contribution in [0, 0.1) is 0 Å². The van der Waals surface area contributed by atoms with Crippen molar-refractivity contribution in [1.82, 2.24) is 4.98 Å². The molecule has 0 saturated heterocycles. The Hall–Kier alpha value is -4.53. The fourth-order valence-corrected chi connectivity index (χ4v) is 7.17. The SMILES string of the molecule is c1ccc([SiH2]c2ccc3c(-c4ccncc4)c4ccccc4c(-c4ccc5ccccc5c4)c3c2)cc1. The quantitative estimate of drug-likeness (QED) is 0.192. The monoisotopic (exact) mass is 487 g/mol. The number of pyridine rings is 1. The summed E-state index contributed by atoms with van der Waals surface area (Å²) in [5.74, 6) is 0. The van der Waals surface area contributed by atoms with E-state index in [0.29, 0.717) is 0 Å². The van der Waals surface area contributed by atoms with E-state index in [1.807, 2.05) is 12.4 Å². The molecule has 2 heteroatoms. The van der Waals surface area contributed by atoms with Crippen LogP contribution in [0.2, 0.25) is 0 Å². The fourth-order valence-electron chi connectivity index (χ4n) is 5.65. The Morgan fingerprint density at radius 1 is 0.405 bits per heavy atom. The summed E-state index contributed by atoms with van der Waals surface area (Å²) in [5, 5.41) is 10.6. The molecule has 0 unspecified atom stereocenters. The predicted octanol–water partition coefficient (Wildman–Crippen LogP) is 6.99. The number of hydrogen-bond acceptors (Lipinski definition) is 1. The first-order chi connectivity index (χ1) is 18.3. The van der Waals surface area contributed by atoms with Crippen molar-refractivity contribution in [1.29, 1.82) is 0 Å². The van der Waals surface area contributed by atoms with Crippen molar-refractivity contribution >= 4 is 52.2 Å². The second kappa shape index (κ2) is 9.16. The third-order valence-electron chi connectivity index (χ3n) is 7.35. The van der Waals surface area contributed by atoms with E-state index in [4.69, 9.17) is 0 Å². The van der Waals surface area contributed by atoms with Crippen LogP contribution in [0.4, 0.5) is 0 Å². The second-order valence-electron chi connectivity index (χ2n) is 9.64. The first-order valence-electron chi connectivity index (χ1n) is 12.8. The van der Waals surface area contributed by atoms with E-state index in [1.165, 1.54) is 64.9 Å². The van der Waals surface area contributed by atoms with Crippen LogP contribution < -0.4 is 10.4 Å². The molecular formula is C35H25NSi. The Labute approximate surface area is 218 Å². The maximum Gasteiger partial charge on any atom is 0.0875 e. The zero-order valence-electron chi connectivity index (χ0n) is 20.4. The number of fused-ring (bicyclic) bond motifs is 3. The average Bonchev–Trinajstić information content (AvgIpc) is 2.96. The lowest BCUT2D eigenvalue weighted by Crippen LogP contribution is -2.26. The van der Waals surface area contributed by atoms with E-state index >= 15 is 0 Å². The molecule has 7 aromatic rings. The fraction of sp³-hybridized carbons (Fsp3) is 0. The van der Waals surface area contributed by atoms with Gasteiger partial charge in [0.15, 0.2) is 0 Å². The molecule has 174 valence electrons. The zero-order chi connectivity index (χ0) is 24.6. The molecule has 0 amide bonds. The highest BCUT2D eigenvalue weighted by Gasteiger charge is 2.17. The maximum absolute atomic E-state index is 4.29. The van der Waals surface area contributed by atoms with E-state index in [2.05, 4.69) is 132 Å². The minimum atomic E-state index is -0.588. The van der Waals surface area contributed by atoms with Gasteiger partial charge in [-0.05, 0) is 72.8 Å². The Morgan fingerprint density at radius 3 is 1.84 bits per heavy atom. The van der Waals surface area contributed by atoms with Gasteiger partial charge in [-0.3, -0.25) is 4.98 Å². The van der Waals surface area contributed by atoms with E-state index in [9.17, 15) is 0 Å². The molecule has 0 N–H and O–H groups in total. The lowest BCUT2D eigenvalue weighted by atomic mass is 9.86. The van der Waals surface area contributed by atoms with Gasteiger partial charge in [-0.2, -0.15) is 0 Å². The molecule has 0 bridgehead atoms. The molecule has 7 rings (SSSR count). The Kier molecular flexibility index (Phi) is 5.38. The number of aromatic nitrogens is 1. The van der Waals surface area contributed by atoms with Crippen LogP contribution in [0.1, 0.15) is 0 Å². The minimum Gasteiger partial charge on any atom is -0.265 e. The van der Waals surface area contributed by atoms with Crippen molar-refractivity contribution in [3.63, 3.8) is 0 Å². The highest BCUT2D eigenvalue weighted by atomic mass is 28.2. The topological polar surface area (TPSA) is 12.9 Å². The largest absolute Gasteiger partial charge is 0.265 e. The zero-order valence-corrected chi connectivity index (χ0v) is 21.8. The van der Waals surface area contributed by atoms with Crippen molar-refractivity contribution in [2.75, 3.05) is 0 Å². The molecule has 0 fully saturated rings. The van der Waals surface area contributed by atoms with Gasteiger partial charge in [0, 0.05) is 12.4 Å². The molecule has 1 nitrogen and oxygen atoms in total. The van der Waals surface area contributed by atoms with Gasteiger partial charge < -0.3 is 0 Å². The summed E-state index contributed by atoms with van der Waals surface area (Å²) in [6, 6.07) is 46.8. The van der Waals surface area contributed by atoms with Crippen LogP contribution >= 0.6 is 0 Å². The van der Waals surface area contributed by atoms with Crippen molar-refractivity contribution in [3.8, 4) is 22.3 Å². The van der Waals surface area contributed by atoms with Crippen molar-refractivity contribution in [2.45, 2.75) is 0 Å². The van der Waals surface area contributed by atoms with Crippen molar-refractivity contribution < 1.29 is 0 Å². The Bertz CT molecular complexity index is 1890. The molecule has 0 spiro atoms. The Morgan fingerprint density at radius 2 is 1.05 bits per heavy atom. The Balaban J connectivity index is 1.58. The third kappa shape index (κ3) is 3.92. The van der Waals surface area contributed by atoms with Gasteiger partial charge in [-0.25, -0.2) is 0 Å². The summed E-state index contributed by atoms with van der Waals surface area (Å²) in [7, 11) is -0.588. The lowest BCUT2D eigenvalue weighted by Gasteiger charge is -2.19. The molecule has 6 aromatic carbocycles. The summed E-state index contributed by atoms with van der Waals surface area (Å²) in [5.41, 5.74) is 5.07. The van der Waals surface area contributed by atoms with E-state index in [1.54, 1.807) is 0 Å². The van der Waals surface area contributed by atoms with Crippen LogP contribution in [0.3, 0.4) is 0 Å². The third-order valence-corrected chi connectivity index (χ3v) is 9.07. The molecule has 0 aliphatic heterocycles. The number of hydrogen-bond donors (Lipinski definition) is 0. The summed E-state index contributed by atoms with van der Waals surface area (Å²) < 4.78 is 0. The molecule has 0 aliphatic carbocycles. The van der Waals surface area contributed by atoms with Gasteiger partial charge in [-0.15, -0.1) is 0 Å². The van der Waals surface area contributed by atoms with Crippen LogP contribution in [0.15, 0.2) is 140 Å². The number of nitrogens with zero attached hydrogens (tertiary/aromatic N) is 1. The number of benzene rings is 6. The lowest BCUT2D eigenvalue weighted by molar-refractivity contribution is 1.33. The number of rotatable bonds is 4. The second-order valence-corrected chi connectivity index (χ2v) is 11.6. The molecular weight excluding hydrogens is 462 g/mol. The van der Waals surface area contributed by atoms with E-state index in [0.717, 1.165) is 0 Å². The summed E-state index contributed by atoms with van der Waals surface area (Å²) in [6.07, 6.45) is 3.79. The van der Waals surface area contributed by atoms with Gasteiger partial charge in [0.2, 0.25) is 0 Å². The average molecular weight is 488 g/mol. The van der Waals surface area contributed by atoms with E-state index < -0.39 is 9.52 Å². The van der Waals surface area contributed by atoms with Gasteiger partial charge >= 0.3 is 0 Å². The van der Waals surface area contributed by atoms with Crippen LogP contribution in [0.5, 0.6) is 0 Å². The molecule has 0 atom stereocenters. The highest BCUT2D eigenvalue weighted by molar-refractivity contribution is 6.67. The molecule has 1 aromatic heterocycles. The van der Waals surface area contributed by atoms with E-state index in [-0.39, 0.29) is 0 Å². The molecule has 0 saturated carbocycles. The van der Waals surface area contributed by atoms with Crippen LogP contribution in [-0.2, 0) is 0 Å². The van der Waals surface area contributed by atoms with Crippen molar-refractivity contribution in [2.24, 2.45) is 0 Å². The molecule has 37 heavy (non-hydrogen) atoms. The molecule has 1 heterocycles. The van der Waals surface area contributed by atoms with Gasteiger partial charge in [-0.1, -0.05) is 120 Å². The molecule has 0 radical (unpaired) electrons. The molecule has 0 aliphatic rings. The minimum absolute atomic E-state index is 0.588. The van der Waals surface area contributed by atoms with Gasteiger partial charge in [0.05, 0.1) is 9.52 Å². The summed E-state index contributed by atoms with van der Waals surface area (Å²) >= 11 is 0.